The molecule has 0 aromatic heterocycles. The van der Waals surface area contributed by atoms with Crippen LogP contribution in [0.15, 0.2) is 40.9 Å². The van der Waals surface area contributed by atoms with Crippen molar-refractivity contribution < 1.29 is 9.84 Å². The fraction of sp³-hybridized carbons (Fsp3) is 0.200. The van der Waals surface area contributed by atoms with E-state index >= 15 is 0 Å². The van der Waals surface area contributed by atoms with Crippen LogP contribution in [0.25, 0.3) is 0 Å². The molecule has 0 aliphatic carbocycles. The van der Waals surface area contributed by atoms with Gasteiger partial charge in [0.25, 0.3) is 0 Å². The van der Waals surface area contributed by atoms with E-state index in [0.717, 1.165) is 26.9 Å². The molecule has 18 heavy (non-hydrogen) atoms. The van der Waals surface area contributed by atoms with Crippen molar-refractivity contribution in [2.24, 2.45) is 0 Å². The maximum Gasteiger partial charge on any atom is 0.133 e. The van der Waals surface area contributed by atoms with Crippen molar-refractivity contribution in [2.75, 3.05) is 0 Å². The molecular formula is C15H15BrO2. The lowest BCUT2D eigenvalue weighted by molar-refractivity contribution is 0.276. The highest BCUT2D eigenvalue weighted by Gasteiger charge is 2.07. The molecule has 0 heterocycles. The second-order valence-corrected chi connectivity index (χ2v) is 5.20. The van der Waals surface area contributed by atoms with Crippen LogP contribution in [0, 0.1) is 13.8 Å². The third kappa shape index (κ3) is 2.92. The third-order valence-corrected chi connectivity index (χ3v) is 3.25. The molecule has 0 saturated carbocycles. The van der Waals surface area contributed by atoms with Gasteiger partial charge in [-0.25, -0.2) is 0 Å². The fourth-order valence-corrected chi connectivity index (χ4v) is 2.12. The van der Waals surface area contributed by atoms with E-state index in [-0.39, 0.29) is 6.61 Å². The number of benzene rings is 2. The molecular weight excluding hydrogens is 292 g/mol. The normalized spacial score (nSPS) is 10.4. The minimum Gasteiger partial charge on any atom is -0.457 e. The number of rotatable bonds is 3. The van der Waals surface area contributed by atoms with Crippen LogP contribution in [0.5, 0.6) is 11.5 Å². The van der Waals surface area contributed by atoms with Gasteiger partial charge in [0.1, 0.15) is 11.5 Å². The van der Waals surface area contributed by atoms with Gasteiger partial charge in [-0.1, -0.05) is 28.1 Å². The molecule has 0 aliphatic heterocycles. The van der Waals surface area contributed by atoms with Crippen molar-refractivity contribution in [3.8, 4) is 11.5 Å². The summed E-state index contributed by atoms with van der Waals surface area (Å²) in [6, 6.07) is 11.7. The molecule has 0 fully saturated rings. The number of halogens is 1. The van der Waals surface area contributed by atoms with Crippen LogP contribution in [-0.4, -0.2) is 5.11 Å². The Morgan fingerprint density at radius 2 is 1.83 bits per heavy atom. The SMILES string of the molecule is Cc1ccc(C)c(Oc2ccc(Br)cc2CO)c1. The zero-order valence-corrected chi connectivity index (χ0v) is 12.0. The quantitative estimate of drug-likeness (QED) is 0.913. The number of aliphatic hydroxyl groups is 1. The molecule has 2 nitrogen and oxygen atoms in total. The van der Waals surface area contributed by atoms with E-state index in [1.807, 2.05) is 44.2 Å². The van der Waals surface area contributed by atoms with Crippen LogP contribution in [0.4, 0.5) is 0 Å². The van der Waals surface area contributed by atoms with E-state index in [1.165, 1.54) is 0 Å². The van der Waals surface area contributed by atoms with Crippen molar-refractivity contribution in [2.45, 2.75) is 20.5 Å². The summed E-state index contributed by atoms with van der Waals surface area (Å²) in [5.41, 5.74) is 3.00. The van der Waals surface area contributed by atoms with E-state index in [0.29, 0.717) is 5.75 Å². The molecule has 0 amide bonds. The molecule has 0 saturated heterocycles. The first-order valence-electron chi connectivity index (χ1n) is 5.74. The zero-order valence-electron chi connectivity index (χ0n) is 10.4. The molecule has 0 atom stereocenters. The van der Waals surface area contributed by atoms with Crippen LogP contribution in [0.2, 0.25) is 0 Å². The number of hydrogen-bond acceptors (Lipinski definition) is 2. The van der Waals surface area contributed by atoms with Gasteiger partial charge in [0, 0.05) is 10.0 Å². The van der Waals surface area contributed by atoms with Crippen molar-refractivity contribution in [1.29, 1.82) is 0 Å². The standard InChI is InChI=1S/C15H15BrO2/c1-10-3-4-11(2)15(7-10)18-14-6-5-13(16)8-12(14)9-17/h3-8,17H,9H2,1-2H3. The second-order valence-electron chi connectivity index (χ2n) is 4.28. The Balaban J connectivity index is 2.36. The second kappa shape index (κ2) is 5.55. The lowest BCUT2D eigenvalue weighted by atomic mass is 10.1. The first-order chi connectivity index (χ1) is 8.60. The average molecular weight is 307 g/mol. The van der Waals surface area contributed by atoms with Gasteiger partial charge in [-0.15, -0.1) is 0 Å². The van der Waals surface area contributed by atoms with E-state index in [9.17, 15) is 5.11 Å². The summed E-state index contributed by atoms with van der Waals surface area (Å²) in [6.07, 6.45) is 0. The largest absolute Gasteiger partial charge is 0.457 e. The van der Waals surface area contributed by atoms with Crippen molar-refractivity contribution in [3.63, 3.8) is 0 Å². The Kier molecular flexibility index (Phi) is 4.04. The highest BCUT2D eigenvalue weighted by Crippen LogP contribution is 2.30. The van der Waals surface area contributed by atoms with Gasteiger partial charge < -0.3 is 9.84 Å². The van der Waals surface area contributed by atoms with Crippen molar-refractivity contribution in [3.05, 3.63) is 57.6 Å². The number of ether oxygens (including phenoxy) is 1. The number of aliphatic hydroxyl groups excluding tert-OH is 1. The summed E-state index contributed by atoms with van der Waals surface area (Å²) in [4.78, 5) is 0. The van der Waals surface area contributed by atoms with Crippen molar-refractivity contribution in [1.82, 2.24) is 0 Å². The highest BCUT2D eigenvalue weighted by molar-refractivity contribution is 9.10. The topological polar surface area (TPSA) is 29.5 Å². The highest BCUT2D eigenvalue weighted by atomic mass is 79.9. The summed E-state index contributed by atoms with van der Waals surface area (Å²) in [5, 5.41) is 9.34. The summed E-state index contributed by atoms with van der Waals surface area (Å²) < 4.78 is 6.82. The smallest absolute Gasteiger partial charge is 0.133 e. The molecule has 0 radical (unpaired) electrons. The van der Waals surface area contributed by atoms with Gasteiger partial charge in [-0.2, -0.15) is 0 Å². The molecule has 0 spiro atoms. The predicted molar refractivity (Wildman–Crippen MR) is 76.1 cm³/mol. The van der Waals surface area contributed by atoms with E-state index in [1.54, 1.807) is 0 Å². The Morgan fingerprint density at radius 1 is 1.06 bits per heavy atom. The molecule has 2 aromatic carbocycles. The van der Waals surface area contributed by atoms with Crippen LogP contribution >= 0.6 is 15.9 Å². The molecule has 2 rings (SSSR count). The van der Waals surface area contributed by atoms with Crippen LogP contribution in [0.1, 0.15) is 16.7 Å². The molecule has 94 valence electrons. The molecule has 1 N–H and O–H groups in total. The Hall–Kier alpha value is -1.32. The van der Waals surface area contributed by atoms with Gasteiger partial charge >= 0.3 is 0 Å². The zero-order chi connectivity index (χ0) is 13.1. The molecule has 3 heteroatoms. The molecule has 0 aliphatic rings. The molecule has 0 unspecified atom stereocenters. The van der Waals surface area contributed by atoms with Crippen LogP contribution in [0.3, 0.4) is 0 Å². The fourth-order valence-electron chi connectivity index (χ4n) is 1.71. The Morgan fingerprint density at radius 3 is 2.56 bits per heavy atom. The van der Waals surface area contributed by atoms with Crippen molar-refractivity contribution >= 4 is 15.9 Å². The van der Waals surface area contributed by atoms with E-state index in [4.69, 9.17) is 4.74 Å². The van der Waals surface area contributed by atoms with Gasteiger partial charge in [-0.3, -0.25) is 0 Å². The minimum atomic E-state index is -0.0420. The Bertz CT molecular complexity index is 564. The predicted octanol–water partition coefficient (Wildman–Crippen LogP) is 4.35. The van der Waals surface area contributed by atoms with E-state index in [2.05, 4.69) is 22.0 Å². The Labute approximate surface area is 115 Å². The molecule has 2 aromatic rings. The summed E-state index contributed by atoms with van der Waals surface area (Å²) in [5.74, 6) is 1.52. The van der Waals surface area contributed by atoms with Gasteiger partial charge in [0.2, 0.25) is 0 Å². The minimum absolute atomic E-state index is 0.0420. The first kappa shape index (κ1) is 13.1. The monoisotopic (exact) mass is 306 g/mol. The number of aryl methyl sites for hydroxylation is 2. The van der Waals surface area contributed by atoms with Crippen LogP contribution in [-0.2, 0) is 6.61 Å². The molecule has 0 bridgehead atoms. The maximum atomic E-state index is 9.34. The van der Waals surface area contributed by atoms with Gasteiger partial charge in [0.05, 0.1) is 6.61 Å². The number of hydrogen-bond donors (Lipinski definition) is 1. The van der Waals surface area contributed by atoms with Gasteiger partial charge in [0.15, 0.2) is 0 Å². The van der Waals surface area contributed by atoms with Crippen LogP contribution < -0.4 is 4.74 Å². The summed E-state index contributed by atoms with van der Waals surface area (Å²) in [6.45, 7) is 3.99. The van der Waals surface area contributed by atoms with E-state index < -0.39 is 0 Å². The lowest BCUT2D eigenvalue weighted by Gasteiger charge is -2.12. The van der Waals surface area contributed by atoms with Gasteiger partial charge in [-0.05, 0) is 49.2 Å². The maximum absolute atomic E-state index is 9.34. The average Bonchev–Trinajstić information content (AvgIpc) is 2.36. The third-order valence-electron chi connectivity index (χ3n) is 2.76. The summed E-state index contributed by atoms with van der Waals surface area (Å²) in [7, 11) is 0. The first-order valence-corrected chi connectivity index (χ1v) is 6.54. The lowest BCUT2D eigenvalue weighted by Crippen LogP contribution is -1.93. The summed E-state index contributed by atoms with van der Waals surface area (Å²) >= 11 is 3.38.